The molecular formula is C30H28Br2O4. The number of hydrogen-bond acceptors (Lipinski definition) is 4. The molecule has 0 aliphatic rings. The molecule has 4 aromatic rings. The van der Waals surface area contributed by atoms with Crippen LogP contribution in [0.15, 0.2) is 83.3 Å². The van der Waals surface area contributed by atoms with E-state index >= 15 is 0 Å². The summed E-state index contributed by atoms with van der Waals surface area (Å²) < 4.78 is 23.7. The van der Waals surface area contributed by atoms with E-state index in [0.717, 1.165) is 51.0 Å². The monoisotopic (exact) mass is 610 g/mol. The molecule has 0 saturated carbocycles. The summed E-state index contributed by atoms with van der Waals surface area (Å²) in [5.74, 6) is 3.84. The molecule has 0 spiro atoms. The molecule has 0 radical (unpaired) electrons. The smallest absolute Gasteiger partial charge is 0.169 e. The van der Waals surface area contributed by atoms with Crippen molar-refractivity contribution in [3.8, 4) is 39.9 Å². The van der Waals surface area contributed by atoms with Gasteiger partial charge in [-0.2, -0.15) is 0 Å². The summed E-state index contributed by atoms with van der Waals surface area (Å²) >= 11 is 7.13. The minimum Gasteiger partial charge on any atom is -0.497 e. The van der Waals surface area contributed by atoms with Gasteiger partial charge in [-0.3, -0.25) is 0 Å². The Morgan fingerprint density at radius 3 is 1.75 bits per heavy atom. The lowest BCUT2D eigenvalue weighted by Crippen LogP contribution is -1.97. The Hall–Kier alpha value is -2.96. The highest BCUT2D eigenvalue weighted by molar-refractivity contribution is 9.10. The van der Waals surface area contributed by atoms with Crippen molar-refractivity contribution < 1.29 is 18.9 Å². The van der Waals surface area contributed by atoms with Crippen LogP contribution in [0.2, 0.25) is 0 Å². The Kier molecular flexibility index (Phi) is 8.94. The Morgan fingerprint density at radius 1 is 0.556 bits per heavy atom. The minimum atomic E-state index is 0.707. The largest absolute Gasteiger partial charge is 0.497 e. The number of aryl methyl sites for hydroxylation is 2. The van der Waals surface area contributed by atoms with Gasteiger partial charge in [-0.1, -0.05) is 62.2 Å². The summed E-state index contributed by atoms with van der Waals surface area (Å²) in [4.78, 5) is 0. The van der Waals surface area contributed by atoms with Gasteiger partial charge in [-0.25, -0.2) is 0 Å². The summed E-state index contributed by atoms with van der Waals surface area (Å²) in [7, 11) is 5.03. The number of alkyl halides is 1. The van der Waals surface area contributed by atoms with Crippen LogP contribution < -0.4 is 18.9 Å². The molecule has 4 nitrogen and oxygen atoms in total. The van der Waals surface area contributed by atoms with Gasteiger partial charge in [-0.15, -0.1) is 0 Å². The molecule has 0 unspecified atom stereocenters. The van der Waals surface area contributed by atoms with Gasteiger partial charge in [0, 0.05) is 15.4 Å². The normalized spacial score (nSPS) is 10.7. The first kappa shape index (κ1) is 26.1. The van der Waals surface area contributed by atoms with E-state index in [9.17, 15) is 0 Å². The standard InChI is InChI=1S/C30H28Br2O4/c1-33-24-12-14-25(27(32)18-24)26-13-8-20(16-29(26)35-3)4-5-21-9-15-28(34-2)30(17-21)36-23-10-6-22(19-31)7-11-23/h6-18H,4-5,19H2,1-3H3. The predicted molar refractivity (Wildman–Crippen MR) is 152 cm³/mol. The van der Waals surface area contributed by atoms with E-state index < -0.39 is 0 Å². The molecule has 0 atom stereocenters. The van der Waals surface area contributed by atoms with Crippen LogP contribution in [-0.4, -0.2) is 21.3 Å². The van der Waals surface area contributed by atoms with Crippen LogP contribution in [0.3, 0.4) is 0 Å². The molecule has 0 saturated heterocycles. The minimum absolute atomic E-state index is 0.707. The zero-order valence-electron chi connectivity index (χ0n) is 20.5. The van der Waals surface area contributed by atoms with E-state index in [1.807, 2.05) is 48.5 Å². The van der Waals surface area contributed by atoms with Crippen molar-refractivity contribution in [2.75, 3.05) is 21.3 Å². The van der Waals surface area contributed by atoms with E-state index in [4.69, 9.17) is 18.9 Å². The lowest BCUT2D eigenvalue weighted by Gasteiger charge is -2.14. The molecule has 4 rings (SSSR count). The van der Waals surface area contributed by atoms with Crippen molar-refractivity contribution in [1.29, 1.82) is 0 Å². The maximum Gasteiger partial charge on any atom is 0.169 e. The molecule has 0 fully saturated rings. The van der Waals surface area contributed by atoms with Crippen LogP contribution >= 0.6 is 31.9 Å². The third-order valence-electron chi connectivity index (χ3n) is 5.97. The number of ether oxygens (including phenoxy) is 4. The number of halogens is 2. The topological polar surface area (TPSA) is 36.9 Å². The lowest BCUT2D eigenvalue weighted by molar-refractivity contribution is 0.378. The van der Waals surface area contributed by atoms with E-state index in [1.54, 1.807) is 21.3 Å². The van der Waals surface area contributed by atoms with Crippen molar-refractivity contribution in [3.05, 3.63) is 100 Å². The summed E-state index contributed by atoms with van der Waals surface area (Å²) in [6, 6.07) is 26.4. The van der Waals surface area contributed by atoms with Crippen molar-refractivity contribution in [3.63, 3.8) is 0 Å². The van der Waals surface area contributed by atoms with Gasteiger partial charge in [0.05, 0.1) is 21.3 Å². The molecule has 0 aromatic heterocycles. The first-order chi connectivity index (χ1) is 17.5. The van der Waals surface area contributed by atoms with E-state index in [2.05, 4.69) is 62.2 Å². The van der Waals surface area contributed by atoms with Gasteiger partial charge in [-0.05, 0) is 83.6 Å². The van der Waals surface area contributed by atoms with Gasteiger partial charge in [0.15, 0.2) is 11.5 Å². The van der Waals surface area contributed by atoms with Crippen LogP contribution in [0.1, 0.15) is 16.7 Å². The first-order valence-electron chi connectivity index (χ1n) is 11.5. The molecule has 0 bridgehead atoms. The number of methoxy groups -OCH3 is 3. The van der Waals surface area contributed by atoms with Crippen LogP contribution in [0.4, 0.5) is 0 Å². The van der Waals surface area contributed by atoms with Gasteiger partial charge in [0.2, 0.25) is 0 Å². The zero-order chi connectivity index (χ0) is 25.5. The third kappa shape index (κ3) is 6.23. The Bertz CT molecular complexity index is 1320. The second-order valence-corrected chi connectivity index (χ2v) is 9.66. The van der Waals surface area contributed by atoms with Crippen molar-refractivity contribution in [2.24, 2.45) is 0 Å². The van der Waals surface area contributed by atoms with E-state index in [1.165, 1.54) is 16.7 Å². The molecule has 6 heteroatoms. The van der Waals surface area contributed by atoms with Crippen molar-refractivity contribution >= 4 is 31.9 Å². The summed E-state index contributed by atoms with van der Waals surface area (Å²) in [6.45, 7) is 0. The van der Waals surface area contributed by atoms with Crippen molar-refractivity contribution in [1.82, 2.24) is 0 Å². The van der Waals surface area contributed by atoms with E-state index in [-0.39, 0.29) is 0 Å². The Balaban J connectivity index is 1.50. The van der Waals surface area contributed by atoms with Crippen LogP contribution in [0.5, 0.6) is 28.7 Å². The fourth-order valence-corrected chi connectivity index (χ4v) is 4.92. The van der Waals surface area contributed by atoms with Gasteiger partial charge >= 0.3 is 0 Å². The second kappa shape index (κ2) is 12.3. The predicted octanol–water partition coefficient (Wildman–Crippen LogP) is 8.61. The highest BCUT2D eigenvalue weighted by atomic mass is 79.9. The van der Waals surface area contributed by atoms with Crippen LogP contribution in [0.25, 0.3) is 11.1 Å². The van der Waals surface area contributed by atoms with Gasteiger partial charge < -0.3 is 18.9 Å². The van der Waals surface area contributed by atoms with E-state index in [0.29, 0.717) is 11.5 Å². The number of benzene rings is 4. The average molecular weight is 612 g/mol. The molecular weight excluding hydrogens is 584 g/mol. The number of rotatable bonds is 10. The highest BCUT2D eigenvalue weighted by Crippen LogP contribution is 2.38. The highest BCUT2D eigenvalue weighted by Gasteiger charge is 2.12. The molecule has 0 N–H and O–H groups in total. The molecule has 4 aromatic carbocycles. The summed E-state index contributed by atoms with van der Waals surface area (Å²) in [5, 5.41) is 0.815. The van der Waals surface area contributed by atoms with Crippen LogP contribution in [0, 0.1) is 0 Å². The molecule has 36 heavy (non-hydrogen) atoms. The quantitative estimate of drug-likeness (QED) is 0.168. The fraction of sp³-hybridized carbons (Fsp3) is 0.200. The molecule has 0 aliphatic heterocycles. The maximum atomic E-state index is 6.15. The average Bonchev–Trinajstić information content (AvgIpc) is 2.92. The molecule has 0 heterocycles. The maximum absolute atomic E-state index is 6.15. The molecule has 0 aliphatic carbocycles. The first-order valence-corrected chi connectivity index (χ1v) is 13.5. The summed E-state index contributed by atoms with van der Waals surface area (Å²) in [6.07, 6.45) is 1.73. The third-order valence-corrected chi connectivity index (χ3v) is 7.27. The lowest BCUT2D eigenvalue weighted by atomic mass is 9.99. The fourth-order valence-electron chi connectivity index (χ4n) is 3.97. The zero-order valence-corrected chi connectivity index (χ0v) is 23.7. The van der Waals surface area contributed by atoms with Crippen LogP contribution in [-0.2, 0) is 18.2 Å². The number of hydrogen-bond donors (Lipinski definition) is 0. The Labute approximate surface area is 229 Å². The summed E-state index contributed by atoms with van der Waals surface area (Å²) in [5.41, 5.74) is 5.65. The van der Waals surface area contributed by atoms with Gasteiger partial charge in [0.25, 0.3) is 0 Å². The SMILES string of the molecule is COc1ccc(-c2ccc(CCc3ccc(OC)c(Oc4ccc(CBr)cc4)c3)cc2OC)c(Br)c1. The molecule has 186 valence electrons. The molecule has 0 amide bonds. The second-order valence-electron chi connectivity index (χ2n) is 8.25. The Morgan fingerprint density at radius 2 is 1.14 bits per heavy atom. The van der Waals surface area contributed by atoms with Gasteiger partial charge in [0.1, 0.15) is 17.2 Å². The van der Waals surface area contributed by atoms with Crippen molar-refractivity contribution in [2.45, 2.75) is 18.2 Å².